The summed E-state index contributed by atoms with van der Waals surface area (Å²) in [6.45, 7) is 2.00. The molecule has 94 valence electrons. The zero-order valence-electron chi connectivity index (χ0n) is 9.84. The lowest BCUT2D eigenvalue weighted by atomic mass is 10.2. The first-order valence-corrected chi connectivity index (χ1v) is 5.32. The lowest BCUT2D eigenvalue weighted by Gasteiger charge is -1.98. The minimum atomic E-state index is -0.689. The molecule has 0 radical (unpaired) electrons. The van der Waals surface area contributed by atoms with Crippen molar-refractivity contribution >= 4 is 17.8 Å². The predicted molar refractivity (Wildman–Crippen MR) is 67.4 cm³/mol. The summed E-state index contributed by atoms with van der Waals surface area (Å²) in [5.74, 6) is 1.47. The molecule has 0 saturated carbocycles. The summed E-state index contributed by atoms with van der Waals surface area (Å²) in [5, 5.41) is 3.76. The number of allylic oxidation sites excluding steroid dienone is 1. The molecular weight excluding hydrogens is 234 g/mol. The molecule has 0 saturated heterocycles. The molecule has 1 aliphatic rings. The van der Waals surface area contributed by atoms with E-state index in [9.17, 15) is 4.79 Å². The molecule has 0 aliphatic carbocycles. The molecule has 0 aromatic heterocycles. The molecule has 0 unspecified atom stereocenters. The summed E-state index contributed by atoms with van der Waals surface area (Å²) in [7, 11) is 0. The van der Waals surface area contributed by atoms with Gasteiger partial charge in [-0.05, 0) is 30.7 Å². The highest BCUT2D eigenvalue weighted by atomic mass is 16.7. The number of rotatable bonds is 3. The highest BCUT2D eigenvalue weighted by Gasteiger charge is 2.11. The van der Waals surface area contributed by atoms with E-state index in [0.717, 1.165) is 17.1 Å². The maximum Gasteiger partial charge on any atom is 0.332 e. The van der Waals surface area contributed by atoms with Crippen LogP contribution >= 0.6 is 0 Å². The van der Waals surface area contributed by atoms with Crippen molar-refractivity contribution in [3.63, 3.8) is 0 Å². The van der Waals surface area contributed by atoms with Gasteiger partial charge < -0.3 is 15.2 Å². The number of hydrogen-bond acceptors (Lipinski definition) is 4. The van der Waals surface area contributed by atoms with Crippen molar-refractivity contribution in [2.45, 2.75) is 6.92 Å². The summed E-state index contributed by atoms with van der Waals surface area (Å²) in [6.07, 6.45) is 3.61. The Kier molecular flexibility index (Phi) is 3.47. The molecule has 6 heteroatoms. The van der Waals surface area contributed by atoms with Gasteiger partial charge in [0.05, 0.1) is 5.71 Å². The van der Waals surface area contributed by atoms with E-state index in [0.29, 0.717) is 5.71 Å². The largest absolute Gasteiger partial charge is 0.454 e. The number of ether oxygens (including phenoxy) is 2. The van der Waals surface area contributed by atoms with Crippen LogP contribution in [0.1, 0.15) is 12.5 Å². The van der Waals surface area contributed by atoms with Crippen molar-refractivity contribution in [1.29, 1.82) is 0 Å². The summed E-state index contributed by atoms with van der Waals surface area (Å²) >= 11 is 0. The number of benzene rings is 1. The molecule has 2 rings (SSSR count). The number of urea groups is 1. The van der Waals surface area contributed by atoms with Gasteiger partial charge in [0.25, 0.3) is 0 Å². The maximum atomic E-state index is 10.5. The van der Waals surface area contributed by atoms with Crippen LogP contribution in [0.2, 0.25) is 0 Å². The van der Waals surface area contributed by atoms with Crippen LogP contribution < -0.4 is 20.6 Å². The van der Waals surface area contributed by atoms with Crippen LogP contribution in [0.3, 0.4) is 0 Å². The van der Waals surface area contributed by atoms with Gasteiger partial charge >= 0.3 is 6.03 Å². The summed E-state index contributed by atoms with van der Waals surface area (Å²) < 4.78 is 10.5. The van der Waals surface area contributed by atoms with Crippen LogP contribution in [-0.4, -0.2) is 18.5 Å². The Balaban J connectivity index is 2.05. The lowest BCUT2D eigenvalue weighted by Crippen LogP contribution is -2.25. The first kappa shape index (κ1) is 12.0. The zero-order valence-corrected chi connectivity index (χ0v) is 9.84. The van der Waals surface area contributed by atoms with E-state index >= 15 is 0 Å². The zero-order chi connectivity index (χ0) is 13.0. The summed E-state index contributed by atoms with van der Waals surface area (Å²) in [6, 6.07) is 4.92. The van der Waals surface area contributed by atoms with Gasteiger partial charge in [-0.3, -0.25) is 0 Å². The highest BCUT2D eigenvalue weighted by Crippen LogP contribution is 2.32. The average Bonchev–Trinajstić information content (AvgIpc) is 2.81. The fourth-order valence-electron chi connectivity index (χ4n) is 1.41. The highest BCUT2D eigenvalue weighted by molar-refractivity contribution is 5.96. The van der Waals surface area contributed by atoms with E-state index in [1.807, 2.05) is 24.3 Å². The normalized spacial score (nSPS) is 13.9. The van der Waals surface area contributed by atoms with Gasteiger partial charge in [-0.15, -0.1) is 0 Å². The van der Waals surface area contributed by atoms with E-state index in [-0.39, 0.29) is 6.79 Å². The number of fused-ring (bicyclic) bond motifs is 1. The summed E-state index contributed by atoms with van der Waals surface area (Å²) in [5.41, 5.74) is 8.63. The fourth-order valence-corrected chi connectivity index (χ4v) is 1.41. The van der Waals surface area contributed by atoms with Crippen molar-refractivity contribution in [2.24, 2.45) is 10.8 Å². The number of nitrogens with zero attached hydrogens (tertiary/aromatic N) is 1. The number of nitrogens with one attached hydrogen (secondary N) is 1. The first-order valence-electron chi connectivity index (χ1n) is 5.32. The quantitative estimate of drug-likeness (QED) is 0.626. The predicted octanol–water partition coefficient (Wildman–Crippen LogP) is 1.47. The van der Waals surface area contributed by atoms with Crippen molar-refractivity contribution in [2.75, 3.05) is 6.79 Å². The number of hydrazone groups is 1. The van der Waals surface area contributed by atoms with Crippen molar-refractivity contribution in [3.05, 3.63) is 29.8 Å². The molecule has 2 amide bonds. The number of primary amides is 1. The fraction of sp³-hybridized carbons (Fsp3) is 0.167. The van der Waals surface area contributed by atoms with Gasteiger partial charge in [0.15, 0.2) is 11.5 Å². The molecule has 18 heavy (non-hydrogen) atoms. The Morgan fingerprint density at radius 1 is 1.44 bits per heavy atom. The third kappa shape index (κ3) is 3.00. The first-order chi connectivity index (χ1) is 8.65. The van der Waals surface area contributed by atoms with Crippen molar-refractivity contribution in [1.82, 2.24) is 5.43 Å². The van der Waals surface area contributed by atoms with Crippen LogP contribution in [0.5, 0.6) is 11.5 Å². The molecule has 3 N–H and O–H groups in total. The van der Waals surface area contributed by atoms with Gasteiger partial charge in [0.2, 0.25) is 6.79 Å². The third-order valence-corrected chi connectivity index (χ3v) is 2.26. The van der Waals surface area contributed by atoms with Crippen LogP contribution in [0.25, 0.3) is 6.08 Å². The van der Waals surface area contributed by atoms with Crippen molar-refractivity contribution in [3.8, 4) is 11.5 Å². The van der Waals surface area contributed by atoms with E-state index in [1.54, 1.807) is 13.0 Å². The second kappa shape index (κ2) is 5.22. The van der Waals surface area contributed by atoms with Gasteiger partial charge in [-0.2, -0.15) is 5.10 Å². The molecule has 1 aliphatic heterocycles. The monoisotopic (exact) mass is 247 g/mol. The molecule has 0 atom stereocenters. The van der Waals surface area contributed by atoms with Crippen LogP contribution in [0.15, 0.2) is 29.4 Å². The number of carbonyl (C=O) groups is 1. The van der Waals surface area contributed by atoms with E-state index in [1.165, 1.54) is 0 Å². The minimum Gasteiger partial charge on any atom is -0.454 e. The SMILES string of the molecule is C/C(C=Cc1ccc2c(c1)OCO2)=N\NC(N)=O. The number of hydrogen-bond donors (Lipinski definition) is 2. The molecule has 1 heterocycles. The Hall–Kier alpha value is -2.50. The van der Waals surface area contributed by atoms with E-state index in [2.05, 4.69) is 10.5 Å². The Morgan fingerprint density at radius 3 is 3.00 bits per heavy atom. The molecule has 0 spiro atoms. The molecule has 1 aromatic carbocycles. The van der Waals surface area contributed by atoms with Crippen molar-refractivity contribution < 1.29 is 14.3 Å². The van der Waals surface area contributed by atoms with Gasteiger partial charge in [0, 0.05) is 0 Å². The van der Waals surface area contributed by atoms with Gasteiger partial charge in [-0.1, -0.05) is 12.1 Å². The molecular formula is C12H13N3O3. The third-order valence-electron chi connectivity index (χ3n) is 2.26. The van der Waals surface area contributed by atoms with Gasteiger partial charge in [0.1, 0.15) is 0 Å². The topological polar surface area (TPSA) is 85.9 Å². The average molecular weight is 247 g/mol. The number of carbonyl (C=O) groups excluding carboxylic acids is 1. The number of amides is 2. The van der Waals surface area contributed by atoms with E-state index < -0.39 is 6.03 Å². The Labute approximate surface area is 104 Å². The van der Waals surface area contributed by atoms with Crippen LogP contribution in [0, 0.1) is 0 Å². The molecule has 0 bridgehead atoms. The lowest BCUT2D eigenvalue weighted by molar-refractivity contribution is 0.174. The standard InChI is InChI=1S/C12H13N3O3/c1-8(14-15-12(13)16)2-3-9-4-5-10-11(6-9)18-7-17-10/h2-6H,7H2,1H3,(H3,13,15,16)/b3-2?,14-8+. The van der Waals surface area contributed by atoms with Crippen LogP contribution in [0.4, 0.5) is 4.79 Å². The van der Waals surface area contributed by atoms with E-state index in [4.69, 9.17) is 15.2 Å². The molecule has 1 aromatic rings. The number of nitrogens with two attached hydrogens (primary N) is 1. The molecule has 6 nitrogen and oxygen atoms in total. The Morgan fingerprint density at radius 2 is 2.22 bits per heavy atom. The molecule has 0 fully saturated rings. The van der Waals surface area contributed by atoms with Gasteiger partial charge in [-0.25, -0.2) is 10.2 Å². The smallest absolute Gasteiger partial charge is 0.332 e. The summed E-state index contributed by atoms with van der Waals surface area (Å²) in [4.78, 5) is 10.5. The minimum absolute atomic E-state index is 0.255. The maximum absolute atomic E-state index is 10.5. The Bertz CT molecular complexity index is 523. The van der Waals surface area contributed by atoms with Crippen LogP contribution in [-0.2, 0) is 0 Å². The second-order valence-corrected chi connectivity index (χ2v) is 3.68. The second-order valence-electron chi connectivity index (χ2n) is 3.68.